The van der Waals surface area contributed by atoms with E-state index in [1.165, 1.54) is 11.9 Å². The summed E-state index contributed by atoms with van der Waals surface area (Å²) in [5, 5.41) is 9.10. The fourth-order valence-electron chi connectivity index (χ4n) is 1.94. The van der Waals surface area contributed by atoms with Crippen molar-refractivity contribution in [1.29, 1.82) is 0 Å². The van der Waals surface area contributed by atoms with Crippen molar-refractivity contribution in [3.63, 3.8) is 0 Å². The van der Waals surface area contributed by atoms with Gasteiger partial charge in [0.1, 0.15) is 6.33 Å². The van der Waals surface area contributed by atoms with Crippen LogP contribution in [0.3, 0.4) is 0 Å². The van der Waals surface area contributed by atoms with Crippen LogP contribution in [0.25, 0.3) is 0 Å². The monoisotopic (exact) mass is 272 g/mol. The van der Waals surface area contributed by atoms with E-state index in [2.05, 4.69) is 53.4 Å². The molecule has 0 saturated heterocycles. The summed E-state index contributed by atoms with van der Waals surface area (Å²) in [6.07, 6.45) is 1.32. The molecule has 0 aliphatic heterocycles. The Labute approximate surface area is 118 Å². The molecule has 0 bridgehead atoms. The van der Waals surface area contributed by atoms with Crippen LogP contribution in [-0.4, -0.2) is 21.1 Å². The molecular weight excluding hydrogens is 252 g/mol. The van der Waals surface area contributed by atoms with Crippen molar-refractivity contribution in [2.24, 2.45) is 0 Å². The number of carbonyl (C=O) groups is 1. The van der Waals surface area contributed by atoms with E-state index < -0.39 is 0 Å². The molecule has 5 heteroatoms. The number of aromatic amines is 1. The van der Waals surface area contributed by atoms with Crippen molar-refractivity contribution in [2.45, 2.75) is 39.2 Å². The second kappa shape index (κ2) is 5.45. The minimum atomic E-state index is -0.255. The summed E-state index contributed by atoms with van der Waals surface area (Å²) in [6.45, 7) is 8.48. The topological polar surface area (TPSA) is 70.7 Å². The molecule has 20 heavy (non-hydrogen) atoms. The quantitative estimate of drug-likeness (QED) is 0.902. The third kappa shape index (κ3) is 3.23. The number of amides is 1. The predicted octanol–water partition coefficient (Wildman–Crippen LogP) is 2.59. The lowest BCUT2D eigenvalue weighted by atomic mass is 9.86. The smallest absolute Gasteiger partial charge is 0.289 e. The predicted molar refractivity (Wildman–Crippen MR) is 77.4 cm³/mol. The highest BCUT2D eigenvalue weighted by Gasteiger charge is 2.16. The van der Waals surface area contributed by atoms with Gasteiger partial charge in [-0.1, -0.05) is 45.0 Å². The van der Waals surface area contributed by atoms with Crippen LogP contribution in [0.4, 0.5) is 0 Å². The SMILES string of the molecule is CC(NC(=O)c1ncn[nH]1)c1ccc(C(C)(C)C)cc1. The van der Waals surface area contributed by atoms with Gasteiger partial charge in [0.2, 0.25) is 5.82 Å². The molecule has 5 nitrogen and oxygen atoms in total. The van der Waals surface area contributed by atoms with Crippen molar-refractivity contribution in [2.75, 3.05) is 0 Å². The van der Waals surface area contributed by atoms with Gasteiger partial charge in [-0.15, -0.1) is 0 Å². The fourth-order valence-corrected chi connectivity index (χ4v) is 1.94. The average Bonchev–Trinajstić information content (AvgIpc) is 2.91. The van der Waals surface area contributed by atoms with E-state index in [0.29, 0.717) is 0 Å². The molecule has 2 aromatic rings. The summed E-state index contributed by atoms with van der Waals surface area (Å²) in [6, 6.07) is 8.22. The van der Waals surface area contributed by atoms with E-state index in [1.807, 2.05) is 19.1 Å². The van der Waals surface area contributed by atoms with Gasteiger partial charge in [-0.25, -0.2) is 4.98 Å². The lowest BCUT2D eigenvalue weighted by Crippen LogP contribution is -2.27. The van der Waals surface area contributed by atoms with Crippen molar-refractivity contribution in [3.8, 4) is 0 Å². The highest BCUT2D eigenvalue weighted by atomic mass is 16.2. The van der Waals surface area contributed by atoms with Gasteiger partial charge in [0.05, 0.1) is 6.04 Å². The van der Waals surface area contributed by atoms with Gasteiger partial charge in [-0.2, -0.15) is 5.10 Å². The zero-order valence-electron chi connectivity index (χ0n) is 12.3. The number of H-pyrrole nitrogens is 1. The zero-order chi connectivity index (χ0) is 14.8. The van der Waals surface area contributed by atoms with Crippen LogP contribution in [0.5, 0.6) is 0 Å². The summed E-state index contributed by atoms with van der Waals surface area (Å²) < 4.78 is 0. The number of aromatic nitrogens is 3. The Morgan fingerprint density at radius 3 is 2.40 bits per heavy atom. The van der Waals surface area contributed by atoms with Gasteiger partial charge in [0.15, 0.2) is 0 Å². The first-order valence-electron chi connectivity index (χ1n) is 6.64. The first-order valence-corrected chi connectivity index (χ1v) is 6.64. The van der Waals surface area contributed by atoms with E-state index in [1.54, 1.807) is 0 Å². The highest BCUT2D eigenvalue weighted by molar-refractivity contribution is 5.90. The first kappa shape index (κ1) is 14.2. The summed E-state index contributed by atoms with van der Waals surface area (Å²) >= 11 is 0. The number of rotatable bonds is 3. The van der Waals surface area contributed by atoms with Crippen LogP contribution < -0.4 is 5.32 Å². The molecule has 1 aromatic carbocycles. The number of nitrogens with zero attached hydrogens (tertiary/aromatic N) is 2. The summed E-state index contributed by atoms with van der Waals surface area (Å²) in [4.78, 5) is 15.7. The molecule has 106 valence electrons. The Morgan fingerprint density at radius 1 is 1.25 bits per heavy atom. The zero-order valence-corrected chi connectivity index (χ0v) is 12.3. The Hall–Kier alpha value is -2.17. The van der Waals surface area contributed by atoms with E-state index in [0.717, 1.165) is 5.56 Å². The maximum atomic E-state index is 11.9. The van der Waals surface area contributed by atoms with Crippen LogP contribution >= 0.6 is 0 Å². The molecule has 0 aliphatic rings. The van der Waals surface area contributed by atoms with Crippen LogP contribution in [0, 0.1) is 0 Å². The molecule has 2 rings (SSSR count). The molecule has 1 heterocycles. The summed E-state index contributed by atoms with van der Waals surface area (Å²) in [5.74, 6) is -0.0296. The van der Waals surface area contributed by atoms with Crippen molar-refractivity contribution in [1.82, 2.24) is 20.5 Å². The average molecular weight is 272 g/mol. The van der Waals surface area contributed by atoms with Gasteiger partial charge in [-0.05, 0) is 23.5 Å². The molecular formula is C15H20N4O. The standard InChI is InChI=1S/C15H20N4O/c1-10(18-14(20)13-16-9-17-19-13)11-5-7-12(8-6-11)15(2,3)4/h5-10H,1-4H3,(H,18,20)(H,16,17,19). The van der Waals surface area contributed by atoms with Gasteiger partial charge in [0.25, 0.3) is 5.91 Å². The molecule has 0 aliphatic carbocycles. The minimum absolute atomic E-state index is 0.0818. The molecule has 1 aromatic heterocycles. The number of benzene rings is 1. The molecule has 0 fully saturated rings. The van der Waals surface area contributed by atoms with E-state index in [9.17, 15) is 4.79 Å². The van der Waals surface area contributed by atoms with Gasteiger partial charge >= 0.3 is 0 Å². The number of hydrogen-bond donors (Lipinski definition) is 2. The van der Waals surface area contributed by atoms with Crippen LogP contribution in [0.1, 0.15) is 55.5 Å². The molecule has 1 atom stereocenters. The third-order valence-electron chi connectivity index (χ3n) is 3.25. The normalized spacial score (nSPS) is 13.0. The lowest BCUT2D eigenvalue weighted by Gasteiger charge is -2.20. The summed E-state index contributed by atoms with van der Waals surface area (Å²) in [5.41, 5.74) is 2.46. The van der Waals surface area contributed by atoms with E-state index in [4.69, 9.17) is 0 Å². The molecule has 2 N–H and O–H groups in total. The Balaban J connectivity index is 2.06. The Morgan fingerprint density at radius 2 is 1.90 bits per heavy atom. The van der Waals surface area contributed by atoms with Crippen molar-refractivity contribution < 1.29 is 4.79 Å². The Bertz CT molecular complexity index is 567. The third-order valence-corrected chi connectivity index (χ3v) is 3.25. The van der Waals surface area contributed by atoms with Gasteiger partial charge < -0.3 is 5.32 Å². The number of nitrogens with one attached hydrogen (secondary N) is 2. The van der Waals surface area contributed by atoms with Crippen molar-refractivity contribution in [3.05, 3.63) is 47.5 Å². The van der Waals surface area contributed by atoms with Crippen molar-refractivity contribution >= 4 is 5.91 Å². The summed E-state index contributed by atoms with van der Waals surface area (Å²) in [7, 11) is 0. The largest absolute Gasteiger partial charge is 0.343 e. The molecule has 0 spiro atoms. The van der Waals surface area contributed by atoms with Gasteiger partial charge in [0, 0.05) is 0 Å². The second-order valence-electron chi connectivity index (χ2n) is 5.90. The van der Waals surface area contributed by atoms with E-state index in [-0.39, 0.29) is 23.2 Å². The van der Waals surface area contributed by atoms with Gasteiger partial charge in [-0.3, -0.25) is 9.89 Å². The molecule has 1 amide bonds. The number of carbonyl (C=O) groups excluding carboxylic acids is 1. The number of hydrogen-bond acceptors (Lipinski definition) is 3. The minimum Gasteiger partial charge on any atom is -0.343 e. The van der Waals surface area contributed by atoms with E-state index >= 15 is 0 Å². The van der Waals surface area contributed by atoms with Crippen LogP contribution in [-0.2, 0) is 5.41 Å². The fraction of sp³-hybridized carbons (Fsp3) is 0.400. The molecule has 0 radical (unpaired) electrons. The maximum absolute atomic E-state index is 11.9. The van der Waals surface area contributed by atoms with Crippen LogP contribution in [0.2, 0.25) is 0 Å². The van der Waals surface area contributed by atoms with Crippen LogP contribution in [0.15, 0.2) is 30.6 Å². The first-order chi connectivity index (χ1) is 9.38. The highest BCUT2D eigenvalue weighted by Crippen LogP contribution is 2.23. The maximum Gasteiger partial charge on any atom is 0.289 e. The molecule has 1 unspecified atom stereocenters. The Kier molecular flexibility index (Phi) is 3.88. The second-order valence-corrected chi connectivity index (χ2v) is 5.90. The lowest BCUT2D eigenvalue weighted by molar-refractivity contribution is 0.0930. The molecule has 0 saturated carbocycles.